The Labute approximate surface area is 546 Å². The Kier molecular flexibility index (Phi) is 24.0. The van der Waals surface area contributed by atoms with Gasteiger partial charge in [-0.15, -0.1) is 0 Å². The van der Waals surface area contributed by atoms with Gasteiger partial charge < -0.3 is 50.5 Å². The minimum absolute atomic E-state index is 0. The second kappa shape index (κ2) is 29.4. The molecule has 0 atom stereocenters. The molecule has 0 radical (unpaired) electrons. The van der Waals surface area contributed by atoms with E-state index >= 15 is 0 Å². The number of nitrogens with one attached hydrogen (secondary N) is 4. The van der Waals surface area contributed by atoms with Crippen molar-refractivity contribution in [3.63, 3.8) is 0 Å². The number of fused-ring (bicyclic) bond motifs is 5. The number of aromatic amines is 4. The molecule has 1 aliphatic carbocycles. The normalized spacial score (nSPS) is 12.1. The van der Waals surface area contributed by atoms with Gasteiger partial charge in [0.2, 0.25) is 0 Å². The van der Waals surface area contributed by atoms with Gasteiger partial charge in [-0.05, 0) is 64.9 Å². The molecule has 0 spiro atoms. The first-order valence-corrected chi connectivity index (χ1v) is 29.4. The number of non-ortho nitro benzene ring substituents is 4. The van der Waals surface area contributed by atoms with Gasteiger partial charge in [-0.1, -0.05) is 130 Å². The van der Waals surface area contributed by atoms with Crippen molar-refractivity contribution in [3.8, 4) is 0 Å². The maximum atomic E-state index is 11.8. The number of methoxy groups -OCH3 is 2. The predicted octanol–water partition coefficient (Wildman–Crippen LogP) is 16.1. The lowest BCUT2D eigenvalue weighted by molar-refractivity contribution is -0.385. The summed E-state index contributed by atoms with van der Waals surface area (Å²) in [5.41, 5.74) is 18.4. The molecule has 9 N–H and O–H groups in total. The molecule has 0 saturated heterocycles. The number of hydrogen-bond acceptors (Lipinski definition) is 16. The Hall–Kier alpha value is -9.78. The van der Waals surface area contributed by atoms with Crippen LogP contribution in [-0.4, -0.2) is 81.1 Å². The van der Waals surface area contributed by atoms with Gasteiger partial charge in [0.1, 0.15) is 0 Å². The number of nitrogens with zero attached hydrogens (tertiary/aromatic N) is 4. The Bertz CT molecular complexity index is 4220. The number of carbonyl (C=O) groups excluding carboxylic acids is 2. The van der Waals surface area contributed by atoms with Crippen LogP contribution < -0.4 is 5.73 Å². The first-order chi connectivity index (χ1) is 42.5. The fourth-order valence-corrected chi connectivity index (χ4v) is 10.1. The number of aliphatic hydroxyl groups excluding tert-OH is 3. The topological polar surface area (TPSA) is 375 Å². The predicted molar refractivity (Wildman–Crippen MR) is 371 cm³/mol. The third-order valence-corrected chi connectivity index (χ3v) is 15.5. The number of aliphatic hydroxyl groups is 3. The quantitative estimate of drug-likeness (QED) is 0.0288. The number of allylic oxidation sites excluding steroid dienone is 1. The average Bonchev–Trinajstić information content (AvgIpc) is 1.64. The van der Waals surface area contributed by atoms with Crippen LogP contribution >= 0.6 is 0 Å². The highest BCUT2D eigenvalue weighted by atomic mass is 16.6. The highest BCUT2D eigenvalue weighted by molar-refractivity contribution is 6.05. The lowest BCUT2D eigenvalue weighted by Gasteiger charge is -2.20. The highest BCUT2D eigenvalue weighted by Gasteiger charge is 2.29. The molecule has 0 aliphatic heterocycles. The summed E-state index contributed by atoms with van der Waals surface area (Å²) in [5.74, 6) is -1.19. The molecule has 24 nitrogen and oxygen atoms in total. The first-order valence-electron chi connectivity index (χ1n) is 29.4. The summed E-state index contributed by atoms with van der Waals surface area (Å²) in [7, 11) is 2.50. The van der Waals surface area contributed by atoms with Gasteiger partial charge in [-0.25, -0.2) is 9.59 Å². The molecule has 10 rings (SSSR count). The molecule has 0 fully saturated rings. The zero-order chi connectivity index (χ0) is 69.1. The minimum atomic E-state index is -0.596. The first kappa shape index (κ1) is 76.7. The van der Waals surface area contributed by atoms with Crippen LogP contribution in [-0.2, 0) is 57.4 Å². The third kappa shape index (κ3) is 17.9. The fourth-order valence-electron chi connectivity index (χ4n) is 10.1. The summed E-state index contributed by atoms with van der Waals surface area (Å²) in [5, 5.41) is 74.6. The maximum absolute atomic E-state index is 11.8. The molecule has 5 aromatic carbocycles. The van der Waals surface area contributed by atoms with E-state index < -0.39 is 31.6 Å². The summed E-state index contributed by atoms with van der Waals surface area (Å²) >= 11 is 0. The number of H-pyrrole nitrogens is 4. The molecule has 9 aromatic rings. The van der Waals surface area contributed by atoms with Crippen LogP contribution in [0.1, 0.15) is 190 Å². The molecule has 0 saturated carbocycles. The number of rotatable bonds is 9. The van der Waals surface area contributed by atoms with Crippen LogP contribution in [0.5, 0.6) is 0 Å². The lowest BCUT2D eigenvalue weighted by atomic mass is 9.85. The second-order valence-electron chi connectivity index (χ2n) is 27.6. The minimum Gasteiger partial charge on any atom is -0.465 e. The number of aromatic nitrogens is 4. The molecular formula is C70H91N9O15. The smallest absolute Gasteiger partial charge is 0.340 e. The lowest BCUT2D eigenvalue weighted by Crippen LogP contribution is -2.11. The molecule has 4 heterocycles. The summed E-state index contributed by atoms with van der Waals surface area (Å²) in [4.78, 5) is 78.2. The zero-order valence-corrected chi connectivity index (χ0v) is 55.1. The van der Waals surface area contributed by atoms with E-state index in [1.54, 1.807) is 6.07 Å². The van der Waals surface area contributed by atoms with Gasteiger partial charge in [0.05, 0.1) is 86.9 Å². The van der Waals surface area contributed by atoms with Crippen LogP contribution in [0.25, 0.3) is 49.7 Å². The van der Waals surface area contributed by atoms with E-state index in [0.717, 1.165) is 67.7 Å². The highest BCUT2D eigenvalue weighted by Crippen LogP contribution is 2.40. The molecule has 24 heteroatoms. The van der Waals surface area contributed by atoms with Crippen LogP contribution in [0.2, 0.25) is 0 Å². The van der Waals surface area contributed by atoms with Crippen molar-refractivity contribution in [3.05, 3.63) is 193 Å². The molecular weight excluding hydrogens is 1210 g/mol. The number of anilines is 1. The van der Waals surface area contributed by atoms with Crippen molar-refractivity contribution >= 4 is 90.1 Å². The summed E-state index contributed by atoms with van der Waals surface area (Å²) in [6.45, 7) is 30.7. The van der Waals surface area contributed by atoms with Crippen LogP contribution in [0.3, 0.4) is 0 Å². The molecule has 0 amide bonds. The van der Waals surface area contributed by atoms with Crippen molar-refractivity contribution in [2.45, 2.75) is 167 Å². The second-order valence-corrected chi connectivity index (χ2v) is 27.6. The monoisotopic (exact) mass is 1300 g/mol. The number of esters is 2. The fraction of sp³-hybridized carbons (Fsp3) is 0.400. The number of carbonyl (C=O) groups is 2. The number of hydrogen-bond donors (Lipinski definition) is 8. The van der Waals surface area contributed by atoms with E-state index in [1.807, 2.05) is 78.0 Å². The molecule has 0 bridgehead atoms. The standard InChI is InChI=1S/2C14H16N2O4.C14H17NO3.C13H16N2O3.C13H18N2O.2CH4/c2*1-14(2,3)11-6-8-5-9(16(18)19)7-10(12(8)15-11)13(17)20-4;1-14(2,3)11-4-9-5-12(15(17)18)6-10(8-16)13(9)7-11;1-13(2,3)11-6-8-4-10(15(17)18)5-9(7-16)12(8)14-11;1-13(2,3)11-6-8-4-10(14)5-9(7-16)12(8)15-11;;/h2*5-7,15H,1-4H3;4-6,16H,7-8H2,1-3H3;4-6,14,16H,7H2,1-3H3;4-6,15-16H,7,14H2,1-3H3;2*1H4. The van der Waals surface area contributed by atoms with E-state index in [1.165, 1.54) is 62.3 Å². The SMILES string of the molecule is C.C.CC(C)(C)C1=Cc2cc([N+](=O)[O-])cc(CO)c2C1.CC(C)(C)c1cc2cc(N)cc(CO)c2[nH]1.CC(C)(C)c1cc2cc([N+](=O)[O-])cc(CO)c2[nH]1.COC(=O)c1cc([N+](=O)[O-])cc2cc(C(C)(C)C)[nH]c12.COC(=O)c1cc([N+](=O)[O-])cc2cc(C(C)(C)C)[nH]c12. The number of nitro groups is 4. The maximum Gasteiger partial charge on any atom is 0.340 e. The van der Waals surface area contributed by atoms with Gasteiger partial charge in [0.25, 0.3) is 22.7 Å². The van der Waals surface area contributed by atoms with E-state index in [-0.39, 0.29) is 95.6 Å². The Morgan fingerprint density at radius 2 is 0.734 bits per heavy atom. The molecule has 506 valence electrons. The van der Waals surface area contributed by atoms with E-state index in [4.69, 9.17) is 15.2 Å². The molecule has 0 unspecified atom stereocenters. The van der Waals surface area contributed by atoms with E-state index in [9.17, 15) is 65.4 Å². The third-order valence-electron chi connectivity index (χ3n) is 15.5. The van der Waals surface area contributed by atoms with E-state index in [0.29, 0.717) is 38.6 Å². The van der Waals surface area contributed by atoms with Crippen molar-refractivity contribution in [2.24, 2.45) is 5.41 Å². The summed E-state index contributed by atoms with van der Waals surface area (Å²) < 4.78 is 9.38. The Morgan fingerprint density at radius 1 is 0.436 bits per heavy atom. The number of nitrogens with two attached hydrogens (primary N) is 1. The Balaban J connectivity index is 0.000000249. The molecule has 1 aliphatic rings. The van der Waals surface area contributed by atoms with Crippen molar-refractivity contribution in [2.75, 3.05) is 20.0 Å². The van der Waals surface area contributed by atoms with Crippen molar-refractivity contribution < 1.29 is 54.1 Å². The van der Waals surface area contributed by atoms with Gasteiger partial charge in [0.15, 0.2) is 0 Å². The number of nitrogen functional groups attached to an aromatic ring is 1. The van der Waals surface area contributed by atoms with Crippen LogP contribution in [0.15, 0.2) is 90.5 Å². The average molecular weight is 1300 g/mol. The van der Waals surface area contributed by atoms with Gasteiger partial charge in [-0.3, -0.25) is 40.5 Å². The number of benzene rings is 5. The summed E-state index contributed by atoms with van der Waals surface area (Å²) in [6.07, 6.45) is 2.79. The van der Waals surface area contributed by atoms with Crippen LogP contribution in [0.4, 0.5) is 28.4 Å². The molecule has 94 heavy (non-hydrogen) atoms. The number of ether oxygens (including phenoxy) is 2. The van der Waals surface area contributed by atoms with Crippen molar-refractivity contribution in [1.82, 2.24) is 19.9 Å². The summed E-state index contributed by atoms with van der Waals surface area (Å²) in [6, 6.07) is 22.8. The largest absolute Gasteiger partial charge is 0.465 e. The zero-order valence-electron chi connectivity index (χ0n) is 55.1. The molecule has 4 aromatic heterocycles. The number of nitro benzene ring substituents is 4. The van der Waals surface area contributed by atoms with Gasteiger partial charge >= 0.3 is 11.9 Å². The van der Waals surface area contributed by atoms with Gasteiger partial charge in [-0.2, -0.15) is 0 Å². The van der Waals surface area contributed by atoms with Crippen molar-refractivity contribution in [1.29, 1.82) is 0 Å². The van der Waals surface area contributed by atoms with Gasteiger partial charge in [0, 0.05) is 131 Å². The van der Waals surface area contributed by atoms with E-state index in [2.05, 4.69) is 88.3 Å². The van der Waals surface area contributed by atoms with Crippen LogP contribution in [0, 0.1) is 45.9 Å². The Morgan fingerprint density at radius 3 is 1.05 bits per heavy atom.